The molecule has 0 unspecified atom stereocenters. The molecule has 0 spiro atoms. The van der Waals surface area contributed by atoms with Crippen molar-refractivity contribution in [2.75, 3.05) is 5.75 Å². The summed E-state index contributed by atoms with van der Waals surface area (Å²) in [5, 5.41) is 7.94. The second-order valence-electron chi connectivity index (χ2n) is 5.22. The first kappa shape index (κ1) is 15.6. The van der Waals surface area contributed by atoms with E-state index in [9.17, 15) is 0 Å². The van der Waals surface area contributed by atoms with E-state index < -0.39 is 0 Å². The molecule has 1 N–H and O–H groups in total. The van der Waals surface area contributed by atoms with Gasteiger partial charge in [0.25, 0.3) is 0 Å². The minimum Gasteiger partial charge on any atom is -0.462 e. The van der Waals surface area contributed by atoms with Crippen LogP contribution in [0.25, 0.3) is 12.2 Å². The predicted molar refractivity (Wildman–Crippen MR) is 94.2 cm³/mol. The minimum absolute atomic E-state index is 0.740. The minimum atomic E-state index is 0.740. The number of hydrogen-bond acceptors (Lipinski definition) is 4. The van der Waals surface area contributed by atoms with Crippen molar-refractivity contribution in [3.63, 3.8) is 0 Å². The zero-order valence-corrected chi connectivity index (χ0v) is 13.8. The van der Waals surface area contributed by atoms with Crippen LogP contribution in [0.2, 0.25) is 0 Å². The molecular formula is C18H19N3OS. The van der Waals surface area contributed by atoms with Gasteiger partial charge in [-0.2, -0.15) is 0 Å². The molecule has 0 atom stereocenters. The summed E-state index contributed by atoms with van der Waals surface area (Å²) < 4.78 is 5.48. The molecule has 0 amide bonds. The van der Waals surface area contributed by atoms with Crippen molar-refractivity contribution < 1.29 is 4.42 Å². The topological polar surface area (TPSA) is 54.7 Å². The Balaban J connectivity index is 1.45. The van der Waals surface area contributed by atoms with Crippen LogP contribution in [0.3, 0.4) is 0 Å². The first-order valence-electron chi connectivity index (χ1n) is 7.63. The van der Waals surface area contributed by atoms with Gasteiger partial charge < -0.3 is 4.42 Å². The second-order valence-corrected chi connectivity index (χ2v) is 6.28. The smallest absolute Gasteiger partial charge is 0.208 e. The molecule has 2 aromatic heterocycles. The number of nitrogens with one attached hydrogen (secondary N) is 1. The lowest BCUT2D eigenvalue weighted by atomic mass is 10.1. The van der Waals surface area contributed by atoms with Gasteiger partial charge in [0.05, 0.1) is 0 Å². The third-order valence-electron chi connectivity index (χ3n) is 3.33. The molecule has 3 rings (SSSR count). The van der Waals surface area contributed by atoms with Gasteiger partial charge in [-0.3, -0.25) is 5.10 Å². The van der Waals surface area contributed by atoms with Gasteiger partial charge in [0.2, 0.25) is 5.16 Å². The number of H-pyrrole nitrogens is 1. The summed E-state index contributed by atoms with van der Waals surface area (Å²) in [4.78, 5) is 4.44. The van der Waals surface area contributed by atoms with Gasteiger partial charge in [0.15, 0.2) is 0 Å². The predicted octanol–water partition coefficient (Wildman–Crippen LogP) is 4.60. The Morgan fingerprint density at radius 3 is 2.78 bits per heavy atom. The number of aromatic nitrogens is 3. The molecule has 2 heterocycles. The van der Waals surface area contributed by atoms with Gasteiger partial charge in [-0.1, -0.05) is 42.1 Å². The molecule has 0 saturated carbocycles. The van der Waals surface area contributed by atoms with E-state index in [1.165, 1.54) is 5.56 Å². The van der Waals surface area contributed by atoms with Gasteiger partial charge in [-0.25, -0.2) is 4.98 Å². The van der Waals surface area contributed by atoms with E-state index in [0.717, 1.165) is 41.1 Å². The molecule has 5 heteroatoms. The van der Waals surface area contributed by atoms with Crippen molar-refractivity contribution in [2.45, 2.75) is 24.9 Å². The molecule has 0 aliphatic rings. The lowest BCUT2D eigenvalue weighted by Crippen LogP contribution is -1.88. The largest absolute Gasteiger partial charge is 0.462 e. The summed E-state index contributed by atoms with van der Waals surface area (Å²) in [6, 6.07) is 14.4. The molecule has 0 fully saturated rings. The molecular weight excluding hydrogens is 306 g/mol. The first-order valence-corrected chi connectivity index (χ1v) is 8.62. The van der Waals surface area contributed by atoms with Crippen LogP contribution in [-0.4, -0.2) is 20.9 Å². The van der Waals surface area contributed by atoms with Crippen LogP contribution in [0.5, 0.6) is 0 Å². The summed E-state index contributed by atoms with van der Waals surface area (Å²) in [6.45, 7) is 1.93. The zero-order valence-electron chi connectivity index (χ0n) is 13.0. The molecule has 0 aliphatic carbocycles. The number of aromatic amines is 1. The first-order chi connectivity index (χ1) is 11.3. The van der Waals surface area contributed by atoms with E-state index in [4.69, 9.17) is 4.42 Å². The van der Waals surface area contributed by atoms with Crippen molar-refractivity contribution in [1.82, 2.24) is 15.2 Å². The van der Waals surface area contributed by atoms with Gasteiger partial charge in [0, 0.05) is 5.75 Å². The number of thioether (sulfide) groups is 1. The summed E-state index contributed by atoms with van der Waals surface area (Å²) in [5.74, 6) is 3.46. The quantitative estimate of drug-likeness (QED) is 0.509. The summed E-state index contributed by atoms with van der Waals surface area (Å²) in [5.41, 5.74) is 1.38. The Morgan fingerprint density at radius 1 is 1.13 bits per heavy atom. The Hall–Kier alpha value is -2.27. The Bertz CT molecular complexity index is 761. The fourth-order valence-corrected chi connectivity index (χ4v) is 2.93. The molecule has 3 aromatic rings. The molecule has 118 valence electrons. The molecule has 4 nitrogen and oxygen atoms in total. The maximum absolute atomic E-state index is 5.48. The number of nitrogens with zero attached hydrogens (tertiary/aromatic N) is 2. The van der Waals surface area contributed by atoms with Crippen molar-refractivity contribution in [3.8, 4) is 0 Å². The van der Waals surface area contributed by atoms with Crippen molar-refractivity contribution in [3.05, 3.63) is 65.4 Å². The van der Waals surface area contributed by atoms with E-state index in [0.29, 0.717) is 0 Å². The van der Waals surface area contributed by atoms with Gasteiger partial charge in [0.1, 0.15) is 17.3 Å². The fourth-order valence-electron chi connectivity index (χ4n) is 2.19. The lowest BCUT2D eigenvalue weighted by molar-refractivity contribution is 0.525. The Labute approximate surface area is 140 Å². The van der Waals surface area contributed by atoms with Crippen LogP contribution in [0.4, 0.5) is 0 Å². The van der Waals surface area contributed by atoms with Crippen molar-refractivity contribution in [2.24, 2.45) is 0 Å². The van der Waals surface area contributed by atoms with Crippen LogP contribution in [-0.2, 0) is 6.42 Å². The van der Waals surface area contributed by atoms with Gasteiger partial charge in [-0.05, 0) is 49.6 Å². The van der Waals surface area contributed by atoms with Gasteiger partial charge >= 0.3 is 0 Å². The van der Waals surface area contributed by atoms with E-state index in [2.05, 4.69) is 39.4 Å². The summed E-state index contributed by atoms with van der Waals surface area (Å²) >= 11 is 1.68. The molecule has 1 aromatic carbocycles. The number of benzene rings is 1. The highest BCUT2D eigenvalue weighted by atomic mass is 32.2. The zero-order chi connectivity index (χ0) is 15.9. The molecule has 0 bridgehead atoms. The molecule has 0 saturated heterocycles. The standard InChI is InChI=1S/C18H19N3OS/c1-14-9-10-16(22-14)11-12-17-19-18(21-20-17)23-13-5-8-15-6-3-2-4-7-15/h2-4,6-7,9-12H,5,8,13H2,1H3,(H,19,20,21)/b12-11+. The van der Waals surface area contributed by atoms with E-state index in [1.807, 2.05) is 37.3 Å². The highest BCUT2D eigenvalue weighted by molar-refractivity contribution is 7.99. The monoisotopic (exact) mass is 325 g/mol. The highest BCUT2D eigenvalue weighted by Crippen LogP contribution is 2.16. The number of hydrogen-bond donors (Lipinski definition) is 1. The average Bonchev–Trinajstić information content (AvgIpc) is 3.19. The molecule has 23 heavy (non-hydrogen) atoms. The fraction of sp³-hybridized carbons (Fsp3) is 0.222. The van der Waals surface area contributed by atoms with E-state index >= 15 is 0 Å². The lowest BCUT2D eigenvalue weighted by Gasteiger charge is -1.99. The second kappa shape index (κ2) is 7.83. The maximum Gasteiger partial charge on any atom is 0.208 e. The number of aryl methyl sites for hydroxylation is 2. The highest BCUT2D eigenvalue weighted by Gasteiger charge is 2.02. The van der Waals surface area contributed by atoms with Crippen LogP contribution in [0.15, 0.2) is 52.0 Å². The van der Waals surface area contributed by atoms with Crippen molar-refractivity contribution in [1.29, 1.82) is 0 Å². The summed E-state index contributed by atoms with van der Waals surface area (Å²) in [7, 11) is 0. The molecule has 0 aliphatic heterocycles. The average molecular weight is 325 g/mol. The van der Waals surface area contributed by atoms with Crippen molar-refractivity contribution >= 4 is 23.9 Å². The van der Waals surface area contributed by atoms with Gasteiger partial charge in [-0.15, -0.1) is 5.10 Å². The number of rotatable bonds is 7. The number of furan rings is 1. The Morgan fingerprint density at radius 2 is 2.00 bits per heavy atom. The SMILES string of the molecule is Cc1ccc(/C=C/c2nc(SCCCc3ccccc3)n[nH]2)o1. The normalized spacial score (nSPS) is 11.3. The third kappa shape index (κ3) is 4.86. The van der Waals surface area contributed by atoms with Crippen LogP contribution in [0, 0.1) is 6.92 Å². The van der Waals surface area contributed by atoms with E-state index in [-0.39, 0.29) is 0 Å². The summed E-state index contributed by atoms with van der Waals surface area (Å²) in [6.07, 6.45) is 5.96. The molecule has 0 radical (unpaired) electrons. The Kier molecular flexibility index (Phi) is 5.32. The maximum atomic E-state index is 5.48. The van der Waals surface area contributed by atoms with Crippen LogP contribution >= 0.6 is 11.8 Å². The third-order valence-corrected chi connectivity index (χ3v) is 4.27. The van der Waals surface area contributed by atoms with E-state index in [1.54, 1.807) is 11.8 Å². The van der Waals surface area contributed by atoms with Crippen LogP contribution in [0.1, 0.15) is 29.3 Å². The van der Waals surface area contributed by atoms with Crippen LogP contribution < -0.4 is 0 Å².